The molecule has 0 aliphatic carbocycles. The van der Waals surface area contributed by atoms with Gasteiger partial charge >= 0.3 is 0 Å². The van der Waals surface area contributed by atoms with Crippen molar-refractivity contribution in [3.8, 4) is 11.1 Å². The van der Waals surface area contributed by atoms with Crippen molar-refractivity contribution in [2.24, 2.45) is 0 Å². The number of fused-ring (bicyclic) bond motifs is 9. The number of rotatable bonds is 4. The molecular weight excluding hydrogens is 599 g/mol. The average Bonchev–Trinajstić information content (AvgIpc) is 3.51. The van der Waals surface area contributed by atoms with Crippen LogP contribution in [0.5, 0.6) is 0 Å². The van der Waals surface area contributed by atoms with E-state index in [2.05, 4.69) is 181 Å². The van der Waals surface area contributed by atoms with Crippen LogP contribution in [0.4, 0.5) is 17.1 Å². The Morgan fingerprint density at radius 1 is 0.333 bits per heavy atom. The Morgan fingerprint density at radius 3 is 1.92 bits per heavy atom. The molecule has 0 aliphatic heterocycles. The molecule has 48 heavy (non-hydrogen) atoms. The molecule has 0 spiro atoms. The Morgan fingerprint density at radius 2 is 1.02 bits per heavy atom. The van der Waals surface area contributed by atoms with Gasteiger partial charge in [-0.3, -0.25) is 0 Å². The zero-order valence-electron chi connectivity index (χ0n) is 26.1. The van der Waals surface area contributed by atoms with Crippen LogP contribution in [0.2, 0.25) is 0 Å². The van der Waals surface area contributed by atoms with Crippen molar-refractivity contribution >= 4 is 91.7 Å². The number of thiophene rings is 1. The van der Waals surface area contributed by atoms with Gasteiger partial charge in [-0.25, -0.2) is 0 Å². The van der Waals surface area contributed by atoms with Crippen LogP contribution in [0.1, 0.15) is 0 Å². The van der Waals surface area contributed by atoms with Gasteiger partial charge in [0.25, 0.3) is 0 Å². The Hall–Kier alpha value is -5.96. The topological polar surface area (TPSA) is 3.24 Å². The molecule has 10 aromatic rings. The van der Waals surface area contributed by atoms with Crippen molar-refractivity contribution in [1.29, 1.82) is 0 Å². The molecule has 0 fully saturated rings. The normalized spacial score (nSPS) is 11.8. The maximum Gasteiger partial charge on any atom is 0.0546 e. The van der Waals surface area contributed by atoms with Crippen LogP contribution >= 0.6 is 11.3 Å². The zero-order chi connectivity index (χ0) is 31.6. The fraction of sp³-hybridized carbons (Fsp3) is 0. The first-order chi connectivity index (χ1) is 23.8. The minimum Gasteiger partial charge on any atom is -0.310 e. The molecule has 1 aromatic heterocycles. The molecule has 0 N–H and O–H groups in total. The molecule has 1 nitrogen and oxygen atoms in total. The van der Waals surface area contributed by atoms with Crippen molar-refractivity contribution in [2.45, 2.75) is 0 Å². The maximum atomic E-state index is 2.46. The third kappa shape index (κ3) is 4.31. The number of hydrogen-bond acceptors (Lipinski definition) is 2. The molecule has 224 valence electrons. The molecule has 10 rings (SSSR count). The first-order valence-electron chi connectivity index (χ1n) is 16.4. The first-order valence-corrected chi connectivity index (χ1v) is 17.2. The Bertz CT molecular complexity index is 2850. The van der Waals surface area contributed by atoms with Gasteiger partial charge in [0.2, 0.25) is 0 Å². The SMILES string of the molecule is c1ccc(-c2cccc(N(c3ccc4cc5sc6ccccc6c5cc4c3)c3cc4ccc5ccccc5c4c4ccccc34)c2)cc1. The van der Waals surface area contributed by atoms with E-state index in [1.807, 2.05) is 11.3 Å². The van der Waals surface area contributed by atoms with Crippen LogP contribution in [-0.4, -0.2) is 0 Å². The molecule has 0 saturated heterocycles. The van der Waals surface area contributed by atoms with Gasteiger partial charge in [-0.15, -0.1) is 11.3 Å². The van der Waals surface area contributed by atoms with E-state index in [0.717, 1.165) is 11.4 Å². The lowest BCUT2D eigenvalue weighted by atomic mass is 9.94. The highest BCUT2D eigenvalue weighted by molar-refractivity contribution is 7.25. The fourth-order valence-corrected chi connectivity index (χ4v) is 8.66. The van der Waals surface area contributed by atoms with E-state index in [4.69, 9.17) is 0 Å². The Balaban J connectivity index is 1.26. The van der Waals surface area contributed by atoms with Crippen LogP contribution in [-0.2, 0) is 0 Å². The number of hydrogen-bond donors (Lipinski definition) is 0. The van der Waals surface area contributed by atoms with E-state index >= 15 is 0 Å². The van der Waals surface area contributed by atoms with Gasteiger partial charge in [-0.05, 0) is 97.4 Å². The van der Waals surface area contributed by atoms with Crippen LogP contribution in [0.3, 0.4) is 0 Å². The second-order valence-electron chi connectivity index (χ2n) is 12.6. The van der Waals surface area contributed by atoms with Crippen LogP contribution < -0.4 is 4.90 Å². The lowest BCUT2D eigenvalue weighted by molar-refractivity contribution is 1.31. The van der Waals surface area contributed by atoms with Crippen molar-refractivity contribution in [1.82, 2.24) is 0 Å². The van der Waals surface area contributed by atoms with E-state index in [1.165, 1.54) is 80.1 Å². The molecule has 0 unspecified atom stereocenters. The smallest absolute Gasteiger partial charge is 0.0546 e. The molecule has 2 heteroatoms. The summed E-state index contributed by atoms with van der Waals surface area (Å²) < 4.78 is 2.66. The number of anilines is 3. The molecule has 0 radical (unpaired) electrons. The standard InChI is InChI=1S/C46H29NS/c1-2-11-30(12-3-1)32-14-10-15-36(25-32)47(37-24-23-33-29-45-42(27-35(33)26-37)40-18-8-9-20-44(40)48-45)43-28-34-22-21-31-13-4-5-16-38(31)46(34)41-19-7-6-17-39(41)43/h1-29H. The molecule has 0 amide bonds. The van der Waals surface area contributed by atoms with Crippen LogP contribution in [0, 0.1) is 0 Å². The summed E-state index contributed by atoms with van der Waals surface area (Å²) in [5, 5.41) is 12.7. The summed E-state index contributed by atoms with van der Waals surface area (Å²) in [6.07, 6.45) is 0. The predicted molar refractivity (Wildman–Crippen MR) is 209 cm³/mol. The van der Waals surface area contributed by atoms with Crippen molar-refractivity contribution in [2.75, 3.05) is 4.90 Å². The van der Waals surface area contributed by atoms with Gasteiger partial charge in [0.15, 0.2) is 0 Å². The van der Waals surface area contributed by atoms with E-state index in [0.29, 0.717) is 0 Å². The van der Waals surface area contributed by atoms with Crippen molar-refractivity contribution in [3.05, 3.63) is 176 Å². The summed E-state index contributed by atoms with van der Waals surface area (Å²) in [6, 6.07) is 64.6. The summed E-state index contributed by atoms with van der Waals surface area (Å²) >= 11 is 1.87. The molecule has 1 heterocycles. The first kappa shape index (κ1) is 27.2. The highest BCUT2D eigenvalue weighted by Crippen LogP contribution is 2.45. The van der Waals surface area contributed by atoms with Crippen molar-refractivity contribution < 1.29 is 0 Å². The molecule has 0 aliphatic rings. The lowest BCUT2D eigenvalue weighted by Crippen LogP contribution is -2.11. The molecular formula is C46H29NS. The summed E-state index contributed by atoms with van der Waals surface area (Å²) in [4.78, 5) is 2.46. The zero-order valence-corrected chi connectivity index (χ0v) is 26.9. The second-order valence-corrected chi connectivity index (χ2v) is 13.6. The largest absolute Gasteiger partial charge is 0.310 e. The third-order valence-electron chi connectivity index (χ3n) is 9.76. The maximum absolute atomic E-state index is 2.46. The quantitative estimate of drug-likeness (QED) is 0.176. The van der Waals surface area contributed by atoms with Gasteiger partial charge < -0.3 is 4.90 Å². The molecule has 0 bridgehead atoms. The van der Waals surface area contributed by atoms with Gasteiger partial charge in [-0.2, -0.15) is 0 Å². The van der Waals surface area contributed by atoms with Gasteiger partial charge in [0, 0.05) is 36.9 Å². The summed E-state index contributed by atoms with van der Waals surface area (Å²) in [5.74, 6) is 0. The highest BCUT2D eigenvalue weighted by Gasteiger charge is 2.19. The molecule has 0 atom stereocenters. The van der Waals surface area contributed by atoms with Gasteiger partial charge in [0.1, 0.15) is 0 Å². The van der Waals surface area contributed by atoms with Crippen molar-refractivity contribution in [3.63, 3.8) is 0 Å². The number of nitrogens with zero attached hydrogens (tertiary/aromatic N) is 1. The summed E-state index contributed by atoms with van der Waals surface area (Å²) in [6.45, 7) is 0. The summed E-state index contributed by atoms with van der Waals surface area (Å²) in [7, 11) is 0. The monoisotopic (exact) mass is 627 g/mol. The minimum absolute atomic E-state index is 1.13. The minimum atomic E-state index is 1.13. The Kier molecular flexibility index (Phi) is 6.12. The Labute approximate surface area is 282 Å². The van der Waals surface area contributed by atoms with E-state index in [9.17, 15) is 0 Å². The van der Waals surface area contributed by atoms with E-state index in [1.54, 1.807) is 0 Å². The van der Waals surface area contributed by atoms with Crippen LogP contribution in [0.15, 0.2) is 176 Å². The highest BCUT2D eigenvalue weighted by atomic mass is 32.1. The van der Waals surface area contributed by atoms with E-state index < -0.39 is 0 Å². The third-order valence-corrected chi connectivity index (χ3v) is 10.9. The fourth-order valence-electron chi connectivity index (χ4n) is 7.52. The number of benzene rings is 9. The lowest BCUT2D eigenvalue weighted by Gasteiger charge is -2.28. The van der Waals surface area contributed by atoms with Gasteiger partial charge in [0.05, 0.1) is 5.69 Å². The van der Waals surface area contributed by atoms with Gasteiger partial charge in [-0.1, -0.05) is 127 Å². The molecule has 0 saturated carbocycles. The molecule has 9 aromatic carbocycles. The summed E-state index contributed by atoms with van der Waals surface area (Å²) in [5.41, 5.74) is 5.83. The average molecular weight is 628 g/mol. The van der Waals surface area contributed by atoms with E-state index in [-0.39, 0.29) is 0 Å². The second kappa shape index (κ2) is 10.8. The van der Waals surface area contributed by atoms with Crippen LogP contribution in [0.25, 0.3) is 74.4 Å². The predicted octanol–water partition coefficient (Wildman–Crippen LogP) is 13.8.